The van der Waals surface area contributed by atoms with Crippen molar-refractivity contribution in [2.75, 3.05) is 33.8 Å². The van der Waals surface area contributed by atoms with Crippen LogP contribution in [0.4, 0.5) is 0 Å². The van der Waals surface area contributed by atoms with E-state index in [1.54, 1.807) is 0 Å². The molecule has 0 radical (unpaired) electrons. The first-order valence-corrected chi connectivity index (χ1v) is 10.3. The van der Waals surface area contributed by atoms with Gasteiger partial charge in [0.25, 0.3) is 11.8 Å². The molecule has 1 fully saturated rings. The second-order valence-corrected chi connectivity index (χ2v) is 8.16. The predicted molar refractivity (Wildman–Crippen MR) is 115 cm³/mol. The number of piperidine rings is 1. The number of hydrogen-bond acceptors (Lipinski definition) is 4. The SMILES string of the molecule is CC(C)NC(=O)COc1cc2ccccc2cc1C(=O)N(C)C1CCN(C)CC1. The van der Waals surface area contributed by atoms with Crippen LogP contribution >= 0.6 is 0 Å². The summed E-state index contributed by atoms with van der Waals surface area (Å²) in [6, 6.07) is 11.8. The van der Waals surface area contributed by atoms with Gasteiger partial charge in [0, 0.05) is 19.1 Å². The Morgan fingerprint density at radius 2 is 1.79 bits per heavy atom. The molecule has 156 valence electrons. The van der Waals surface area contributed by atoms with E-state index in [4.69, 9.17) is 4.74 Å². The third-order valence-corrected chi connectivity index (χ3v) is 5.44. The van der Waals surface area contributed by atoms with E-state index in [0.717, 1.165) is 36.7 Å². The van der Waals surface area contributed by atoms with Gasteiger partial charge in [-0.1, -0.05) is 24.3 Å². The van der Waals surface area contributed by atoms with Crippen LogP contribution in [0.3, 0.4) is 0 Å². The zero-order chi connectivity index (χ0) is 21.0. The molecule has 0 saturated carbocycles. The first-order valence-electron chi connectivity index (χ1n) is 10.3. The average molecular weight is 398 g/mol. The van der Waals surface area contributed by atoms with E-state index in [0.29, 0.717) is 11.3 Å². The van der Waals surface area contributed by atoms with E-state index in [9.17, 15) is 9.59 Å². The monoisotopic (exact) mass is 397 g/mol. The molecule has 3 rings (SSSR count). The fraction of sp³-hybridized carbons (Fsp3) is 0.478. The molecule has 0 spiro atoms. The second kappa shape index (κ2) is 9.27. The van der Waals surface area contributed by atoms with Crippen LogP contribution in [0.15, 0.2) is 36.4 Å². The maximum atomic E-state index is 13.3. The molecular formula is C23H31N3O3. The lowest BCUT2D eigenvalue weighted by Gasteiger charge is -2.35. The molecule has 2 aromatic carbocycles. The summed E-state index contributed by atoms with van der Waals surface area (Å²) in [6.07, 6.45) is 1.92. The van der Waals surface area contributed by atoms with Crippen molar-refractivity contribution in [3.8, 4) is 5.75 Å². The number of benzene rings is 2. The first-order chi connectivity index (χ1) is 13.8. The maximum Gasteiger partial charge on any atom is 0.258 e. The van der Waals surface area contributed by atoms with E-state index in [2.05, 4.69) is 17.3 Å². The number of likely N-dealkylation sites (tertiary alicyclic amines) is 1. The minimum absolute atomic E-state index is 0.0411. The topological polar surface area (TPSA) is 61.9 Å². The number of nitrogens with one attached hydrogen (secondary N) is 1. The second-order valence-electron chi connectivity index (χ2n) is 8.16. The Hall–Kier alpha value is -2.60. The van der Waals surface area contributed by atoms with Gasteiger partial charge in [0.05, 0.1) is 5.56 Å². The summed E-state index contributed by atoms with van der Waals surface area (Å²) in [5, 5.41) is 4.77. The van der Waals surface area contributed by atoms with E-state index in [1.165, 1.54) is 0 Å². The van der Waals surface area contributed by atoms with Crippen molar-refractivity contribution >= 4 is 22.6 Å². The summed E-state index contributed by atoms with van der Waals surface area (Å²) in [4.78, 5) is 29.5. The zero-order valence-corrected chi connectivity index (χ0v) is 17.8. The number of ether oxygens (including phenoxy) is 1. The number of amides is 2. The van der Waals surface area contributed by atoms with Gasteiger partial charge >= 0.3 is 0 Å². The zero-order valence-electron chi connectivity index (χ0n) is 17.8. The van der Waals surface area contributed by atoms with Crippen molar-refractivity contribution in [1.82, 2.24) is 15.1 Å². The van der Waals surface area contributed by atoms with Gasteiger partial charge in [-0.3, -0.25) is 9.59 Å². The molecule has 1 aliphatic heterocycles. The van der Waals surface area contributed by atoms with Crippen LogP contribution in [0.1, 0.15) is 37.0 Å². The van der Waals surface area contributed by atoms with Crippen molar-refractivity contribution in [3.63, 3.8) is 0 Å². The Labute approximate surface area is 172 Å². The fourth-order valence-electron chi connectivity index (χ4n) is 3.75. The molecule has 0 bridgehead atoms. The highest BCUT2D eigenvalue weighted by Gasteiger charge is 2.27. The highest BCUT2D eigenvalue weighted by atomic mass is 16.5. The minimum atomic E-state index is -0.199. The number of fused-ring (bicyclic) bond motifs is 1. The Balaban J connectivity index is 1.85. The van der Waals surface area contributed by atoms with Crippen LogP contribution in [-0.4, -0.2) is 67.5 Å². The van der Waals surface area contributed by atoms with Gasteiger partial charge in [-0.15, -0.1) is 0 Å². The van der Waals surface area contributed by atoms with Crippen LogP contribution in [0.25, 0.3) is 10.8 Å². The smallest absolute Gasteiger partial charge is 0.258 e. The molecule has 6 nitrogen and oxygen atoms in total. The summed E-state index contributed by atoms with van der Waals surface area (Å²) in [7, 11) is 3.97. The fourth-order valence-corrected chi connectivity index (χ4v) is 3.75. The lowest BCUT2D eigenvalue weighted by atomic mass is 10.0. The van der Waals surface area contributed by atoms with Crippen molar-refractivity contribution in [1.29, 1.82) is 0 Å². The molecular weight excluding hydrogens is 366 g/mol. The van der Waals surface area contributed by atoms with E-state index >= 15 is 0 Å². The number of rotatable bonds is 6. The van der Waals surface area contributed by atoms with Gasteiger partial charge in [0.15, 0.2) is 6.61 Å². The molecule has 0 aromatic heterocycles. The van der Waals surface area contributed by atoms with Crippen LogP contribution in [0.2, 0.25) is 0 Å². The standard InChI is InChI=1S/C23H31N3O3/c1-16(2)24-22(27)15-29-21-14-18-8-6-5-7-17(18)13-20(21)23(28)26(4)19-9-11-25(3)12-10-19/h5-8,13-14,16,19H,9-12,15H2,1-4H3,(H,24,27). The minimum Gasteiger partial charge on any atom is -0.483 e. The molecule has 1 aliphatic rings. The van der Waals surface area contributed by atoms with Gasteiger partial charge < -0.3 is 19.9 Å². The lowest BCUT2D eigenvalue weighted by Crippen LogP contribution is -2.44. The largest absolute Gasteiger partial charge is 0.483 e. The molecule has 6 heteroatoms. The molecule has 0 atom stereocenters. The average Bonchev–Trinajstić information content (AvgIpc) is 2.70. The molecule has 1 heterocycles. The van der Waals surface area contributed by atoms with Crippen molar-refractivity contribution in [3.05, 3.63) is 42.0 Å². The molecule has 2 amide bonds. The van der Waals surface area contributed by atoms with Gasteiger partial charge in [0.2, 0.25) is 0 Å². The Kier molecular flexibility index (Phi) is 6.75. The summed E-state index contributed by atoms with van der Waals surface area (Å²) in [5.74, 6) is 0.187. The van der Waals surface area contributed by atoms with E-state index < -0.39 is 0 Å². The summed E-state index contributed by atoms with van der Waals surface area (Å²) < 4.78 is 5.82. The highest BCUT2D eigenvalue weighted by molar-refractivity contribution is 6.01. The number of carbonyl (C=O) groups excluding carboxylic acids is 2. The molecule has 0 aliphatic carbocycles. The molecule has 29 heavy (non-hydrogen) atoms. The van der Waals surface area contributed by atoms with Gasteiger partial charge in [-0.2, -0.15) is 0 Å². The van der Waals surface area contributed by atoms with E-state index in [1.807, 2.05) is 62.2 Å². The predicted octanol–water partition coefficient (Wildman–Crippen LogP) is 2.91. The van der Waals surface area contributed by atoms with Crippen LogP contribution in [0.5, 0.6) is 5.75 Å². The van der Waals surface area contributed by atoms with Gasteiger partial charge in [-0.25, -0.2) is 0 Å². The molecule has 1 saturated heterocycles. The number of carbonyl (C=O) groups is 2. The Morgan fingerprint density at radius 3 is 2.41 bits per heavy atom. The summed E-state index contributed by atoms with van der Waals surface area (Å²) in [6.45, 7) is 5.66. The van der Waals surface area contributed by atoms with Crippen LogP contribution in [0, 0.1) is 0 Å². The van der Waals surface area contributed by atoms with Crippen LogP contribution in [-0.2, 0) is 4.79 Å². The first kappa shape index (κ1) is 21.1. The Bertz CT molecular complexity index is 873. The van der Waals surface area contributed by atoms with Gasteiger partial charge in [0.1, 0.15) is 5.75 Å². The number of nitrogens with zero attached hydrogens (tertiary/aromatic N) is 2. The van der Waals surface area contributed by atoms with Crippen molar-refractivity contribution in [2.45, 2.75) is 38.8 Å². The Morgan fingerprint density at radius 1 is 1.17 bits per heavy atom. The van der Waals surface area contributed by atoms with E-state index in [-0.39, 0.29) is 30.5 Å². The molecule has 1 N–H and O–H groups in total. The summed E-state index contributed by atoms with van der Waals surface area (Å²) in [5.41, 5.74) is 0.502. The summed E-state index contributed by atoms with van der Waals surface area (Å²) >= 11 is 0. The molecule has 2 aromatic rings. The highest BCUT2D eigenvalue weighted by Crippen LogP contribution is 2.28. The number of hydrogen-bond donors (Lipinski definition) is 1. The molecule has 0 unspecified atom stereocenters. The lowest BCUT2D eigenvalue weighted by molar-refractivity contribution is -0.123. The third-order valence-electron chi connectivity index (χ3n) is 5.44. The quantitative estimate of drug-likeness (QED) is 0.814. The maximum absolute atomic E-state index is 13.3. The normalized spacial score (nSPS) is 15.5. The third kappa shape index (κ3) is 5.26. The van der Waals surface area contributed by atoms with Crippen LogP contribution < -0.4 is 10.1 Å². The van der Waals surface area contributed by atoms with Crippen molar-refractivity contribution < 1.29 is 14.3 Å². The van der Waals surface area contributed by atoms with Gasteiger partial charge in [-0.05, 0) is 69.7 Å². The van der Waals surface area contributed by atoms with Crippen molar-refractivity contribution in [2.24, 2.45) is 0 Å².